The molecule has 0 radical (unpaired) electrons. The molecular formula is C17H20N2O2. The number of carbonyl (C=O) groups is 1. The highest BCUT2D eigenvalue weighted by atomic mass is 16.5. The fourth-order valence-electron chi connectivity index (χ4n) is 1.99. The Morgan fingerprint density at radius 1 is 1.10 bits per heavy atom. The van der Waals surface area contributed by atoms with E-state index in [0.29, 0.717) is 13.0 Å². The van der Waals surface area contributed by atoms with Crippen LogP contribution in [-0.4, -0.2) is 25.7 Å². The highest BCUT2D eigenvalue weighted by Crippen LogP contribution is 2.21. The minimum Gasteiger partial charge on any atom is -0.385 e. The summed E-state index contributed by atoms with van der Waals surface area (Å²) in [5, 5.41) is 2.81. The number of hydrogen-bond acceptors (Lipinski definition) is 3. The minimum absolute atomic E-state index is 0.195. The van der Waals surface area contributed by atoms with E-state index in [1.807, 2.05) is 54.6 Å². The maximum Gasteiger partial charge on any atom is 0.241 e. The zero-order chi connectivity index (χ0) is 15.1. The standard InChI is InChI=1S/C17H20N2O2/c1-21-12-11-16(18)17(20)19-15-9-7-14(8-10-15)13-5-3-2-4-6-13/h2-10,16H,11-12,18H2,1H3,(H,19,20). The van der Waals surface area contributed by atoms with Gasteiger partial charge in [0.15, 0.2) is 0 Å². The monoisotopic (exact) mass is 284 g/mol. The summed E-state index contributed by atoms with van der Waals surface area (Å²) in [5.41, 5.74) is 8.78. The molecular weight excluding hydrogens is 264 g/mol. The van der Waals surface area contributed by atoms with Crippen LogP contribution in [0.15, 0.2) is 54.6 Å². The Kier molecular flexibility index (Phi) is 5.49. The predicted molar refractivity (Wildman–Crippen MR) is 85.0 cm³/mol. The molecule has 1 atom stereocenters. The summed E-state index contributed by atoms with van der Waals surface area (Å²) in [6.07, 6.45) is 0.504. The van der Waals surface area contributed by atoms with Crippen molar-refractivity contribution in [2.75, 3.05) is 19.0 Å². The van der Waals surface area contributed by atoms with Gasteiger partial charge in [0.1, 0.15) is 0 Å². The lowest BCUT2D eigenvalue weighted by atomic mass is 10.1. The number of methoxy groups -OCH3 is 1. The molecule has 0 aliphatic rings. The second-order valence-corrected chi connectivity index (χ2v) is 4.82. The summed E-state index contributed by atoms with van der Waals surface area (Å²) in [7, 11) is 1.59. The lowest BCUT2D eigenvalue weighted by Gasteiger charge is -2.12. The second-order valence-electron chi connectivity index (χ2n) is 4.82. The van der Waals surface area contributed by atoms with Crippen LogP contribution in [0.4, 0.5) is 5.69 Å². The summed E-state index contributed by atoms with van der Waals surface area (Å²) >= 11 is 0. The third kappa shape index (κ3) is 4.41. The molecule has 4 heteroatoms. The number of carbonyl (C=O) groups excluding carboxylic acids is 1. The van der Waals surface area contributed by atoms with Crippen molar-refractivity contribution in [2.24, 2.45) is 5.73 Å². The summed E-state index contributed by atoms with van der Waals surface area (Å²) in [6.45, 7) is 0.474. The van der Waals surface area contributed by atoms with Crippen molar-refractivity contribution in [3.05, 3.63) is 54.6 Å². The van der Waals surface area contributed by atoms with Crippen LogP contribution < -0.4 is 11.1 Å². The van der Waals surface area contributed by atoms with E-state index < -0.39 is 6.04 Å². The largest absolute Gasteiger partial charge is 0.385 e. The molecule has 1 amide bonds. The average Bonchev–Trinajstić information content (AvgIpc) is 2.54. The first-order valence-corrected chi connectivity index (χ1v) is 6.91. The predicted octanol–water partition coefficient (Wildman–Crippen LogP) is 2.66. The number of hydrogen-bond donors (Lipinski definition) is 2. The van der Waals surface area contributed by atoms with E-state index in [2.05, 4.69) is 5.32 Å². The Morgan fingerprint density at radius 2 is 1.71 bits per heavy atom. The van der Waals surface area contributed by atoms with Crippen LogP contribution in [-0.2, 0) is 9.53 Å². The van der Waals surface area contributed by atoms with Crippen molar-refractivity contribution in [3.8, 4) is 11.1 Å². The molecule has 0 heterocycles. The lowest BCUT2D eigenvalue weighted by Crippen LogP contribution is -2.36. The average molecular weight is 284 g/mol. The van der Waals surface area contributed by atoms with Crippen LogP contribution >= 0.6 is 0 Å². The van der Waals surface area contributed by atoms with E-state index in [4.69, 9.17) is 10.5 Å². The first-order chi connectivity index (χ1) is 10.2. The van der Waals surface area contributed by atoms with Crippen LogP contribution in [0.25, 0.3) is 11.1 Å². The number of anilines is 1. The summed E-state index contributed by atoms with van der Waals surface area (Å²) in [5.74, 6) is -0.195. The van der Waals surface area contributed by atoms with E-state index in [0.717, 1.165) is 16.8 Å². The van der Waals surface area contributed by atoms with Gasteiger partial charge in [-0.15, -0.1) is 0 Å². The molecule has 2 aromatic rings. The number of nitrogens with one attached hydrogen (secondary N) is 1. The van der Waals surface area contributed by atoms with Gasteiger partial charge >= 0.3 is 0 Å². The highest BCUT2D eigenvalue weighted by molar-refractivity contribution is 5.94. The maximum absolute atomic E-state index is 11.9. The molecule has 0 aliphatic carbocycles. The van der Waals surface area contributed by atoms with Crippen LogP contribution in [0.2, 0.25) is 0 Å². The number of rotatable bonds is 6. The Labute approximate surface area is 124 Å². The van der Waals surface area contributed by atoms with E-state index in [-0.39, 0.29) is 5.91 Å². The number of ether oxygens (including phenoxy) is 1. The summed E-state index contributed by atoms with van der Waals surface area (Å²) < 4.78 is 4.92. The second kappa shape index (κ2) is 7.57. The Bertz CT molecular complexity index is 567. The van der Waals surface area contributed by atoms with Crippen LogP contribution in [0.3, 0.4) is 0 Å². The van der Waals surface area contributed by atoms with Crippen LogP contribution in [0.5, 0.6) is 0 Å². The number of benzene rings is 2. The zero-order valence-electron chi connectivity index (χ0n) is 12.1. The molecule has 0 aromatic heterocycles. The Hall–Kier alpha value is -2.17. The third-order valence-corrected chi connectivity index (χ3v) is 3.23. The molecule has 0 saturated carbocycles. The molecule has 0 spiro atoms. The van der Waals surface area contributed by atoms with Crippen molar-refractivity contribution in [1.82, 2.24) is 0 Å². The molecule has 3 N–H and O–H groups in total. The molecule has 0 fully saturated rings. The van der Waals surface area contributed by atoms with E-state index in [1.165, 1.54) is 0 Å². The van der Waals surface area contributed by atoms with Crippen molar-refractivity contribution < 1.29 is 9.53 Å². The summed E-state index contributed by atoms with van der Waals surface area (Å²) in [4.78, 5) is 11.9. The maximum atomic E-state index is 11.9. The zero-order valence-corrected chi connectivity index (χ0v) is 12.1. The third-order valence-electron chi connectivity index (χ3n) is 3.23. The quantitative estimate of drug-likeness (QED) is 0.857. The lowest BCUT2D eigenvalue weighted by molar-refractivity contribution is -0.117. The van der Waals surface area contributed by atoms with Gasteiger partial charge in [-0.3, -0.25) is 4.79 Å². The Balaban J connectivity index is 1.98. The minimum atomic E-state index is -0.557. The van der Waals surface area contributed by atoms with Gasteiger partial charge in [0.2, 0.25) is 5.91 Å². The number of amides is 1. The van der Waals surface area contributed by atoms with Gasteiger partial charge in [0, 0.05) is 19.4 Å². The molecule has 2 rings (SSSR count). The van der Waals surface area contributed by atoms with Crippen molar-refractivity contribution >= 4 is 11.6 Å². The van der Waals surface area contributed by atoms with E-state index >= 15 is 0 Å². The number of nitrogens with two attached hydrogens (primary N) is 1. The van der Waals surface area contributed by atoms with E-state index in [9.17, 15) is 4.79 Å². The smallest absolute Gasteiger partial charge is 0.241 e. The molecule has 0 saturated heterocycles. The topological polar surface area (TPSA) is 64.3 Å². The SMILES string of the molecule is COCCC(N)C(=O)Nc1ccc(-c2ccccc2)cc1. The van der Waals surface area contributed by atoms with E-state index in [1.54, 1.807) is 7.11 Å². The molecule has 4 nitrogen and oxygen atoms in total. The fourth-order valence-corrected chi connectivity index (χ4v) is 1.99. The molecule has 0 aliphatic heterocycles. The molecule has 2 aromatic carbocycles. The van der Waals surface area contributed by atoms with Gasteiger partial charge in [-0.05, 0) is 29.7 Å². The van der Waals surface area contributed by atoms with Crippen LogP contribution in [0, 0.1) is 0 Å². The summed E-state index contributed by atoms with van der Waals surface area (Å²) in [6, 6.07) is 17.2. The Morgan fingerprint density at radius 3 is 2.33 bits per heavy atom. The van der Waals surface area contributed by atoms with Gasteiger partial charge in [-0.2, -0.15) is 0 Å². The van der Waals surface area contributed by atoms with Crippen LogP contribution in [0.1, 0.15) is 6.42 Å². The van der Waals surface area contributed by atoms with Gasteiger partial charge < -0.3 is 15.8 Å². The van der Waals surface area contributed by atoms with Gasteiger partial charge in [-0.25, -0.2) is 0 Å². The molecule has 0 bridgehead atoms. The van der Waals surface area contributed by atoms with Gasteiger partial charge in [0.25, 0.3) is 0 Å². The first kappa shape index (κ1) is 15.2. The molecule has 110 valence electrons. The fraction of sp³-hybridized carbons (Fsp3) is 0.235. The normalized spacial score (nSPS) is 11.9. The molecule has 21 heavy (non-hydrogen) atoms. The first-order valence-electron chi connectivity index (χ1n) is 6.91. The van der Waals surface area contributed by atoms with Crippen molar-refractivity contribution in [3.63, 3.8) is 0 Å². The van der Waals surface area contributed by atoms with Crippen molar-refractivity contribution in [2.45, 2.75) is 12.5 Å². The van der Waals surface area contributed by atoms with Gasteiger partial charge in [0.05, 0.1) is 6.04 Å². The van der Waals surface area contributed by atoms with Crippen molar-refractivity contribution in [1.29, 1.82) is 0 Å². The van der Waals surface area contributed by atoms with Gasteiger partial charge in [-0.1, -0.05) is 42.5 Å². The highest BCUT2D eigenvalue weighted by Gasteiger charge is 2.13. The molecule has 1 unspecified atom stereocenters.